The average Bonchev–Trinajstić information content (AvgIpc) is 2.40. The average molecular weight is 267 g/mol. The number of morpholine rings is 1. The van der Waals surface area contributed by atoms with E-state index >= 15 is 0 Å². The molecule has 3 nitrogen and oxygen atoms in total. The van der Waals surface area contributed by atoms with E-state index in [2.05, 4.69) is 18.7 Å². The van der Waals surface area contributed by atoms with Crippen molar-refractivity contribution in [3.05, 3.63) is 29.6 Å². The van der Waals surface area contributed by atoms with Crippen LogP contribution >= 0.6 is 0 Å². The highest BCUT2D eigenvalue weighted by molar-refractivity contribution is 5.29. The van der Waals surface area contributed by atoms with E-state index in [1.165, 1.54) is 6.07 Å². The molecule has 1 aromatic rings. The highest BCUT2D eigenvalue weighted by Gasteiger charge is 2.23. The predicted octanol–water partition coefficient (Wildman–Crippen LogP) is 2.62. The number of nitrogens with zero attached hydrogens (tertiary/aromatic N) is 1. The normalized spacial score (nSPS) is 20.8. The summed E-state index contributed by atoms with van der Waals surface area (Å²) in [6, 6.07) is 5.40. The van der Waals surface area contributed by atoms with E-state index in [1.54, 1.807) is 12.1 Å². The molecule has 0 aliphatic carbocycles. The van der Waals surface area contributed by atoms with Gasteiger partial charge >= 0.3 is 0 Å². The van der Waals surface area contributed by atoms with Crippen LogP contribution in [0.15, 0.2) is 18.2 Å². The zero-order valence-electron chi connectivity index (χ0n) is 11.9. The Morgan fingerprint density at radius 1 is 1.47 bits per heavy atom. The van der Waals surface area contributed by atoms with E-state index in [1.807, 2.05) is 6.92 Å². The number of hydrogen-bond donors (Lipinski definition) is 0. The maximum atomic E-state index is 13.6. The smallest absolute Gasteiger partial charge is 0.165 e. The zero-order chi connectivity index (χ0) is 13.8. The third-order valence-electron chi connectivity index (χ3n) is 3.41. The van der Waals surface area contributed by atoms with Crippen molar-refractivity contribution in [1.29, 1.82) is 0 Å². The van der Waals surface area contributed by atoms with Crippen LogP contribution < -0.4 is 4.74 Å². The number of rotatable bonds is 4. The molecule has 0 amide bonds. The van der Waals surface area contributed by atoms with Gasteiger partial charge in [-0.3, -0.25) is 4.90 Å². The molecular formula is C15H22FNO2. The molecule has 0 aromatic heterocycles. The Hall–Kier alpha value is -1.13. The van der Waals surface area contributed by atoms with Crippen LogP contribution in [0.25, 0.3) is 0 Å². The van der Waals surface area contributed by atoms with Gasteiger partial charge in [0.1, 0.15) is 12.7 Å². The molecule has 1 aromatic carbocycles. The summed E-state index contributed by atoms with van der Waals surface area (Å²) in [4.78, 5) is 2.35. The Labute approximate surface area is 114 Å². The van der Waals surface area contributed by atoms with Crippen molar-refractivity contribution in [3.63, 3.8) is 0 Å². The van der Waals surface area contributed by atoms with E-state index in [0.717, 1.165) is 18.7 Å². The van der Waals surface area contributed by atoms with Gasteiger partial charge in [0.25, 0.3) is 0 Å². The van der Waals surface area contributed by atoms with Gasteiger partial charge < -0.3 is 9.47 Å². The minimum atomic E-state index is -0.317. The third kappa shape index (κ3) is 3.91. The van der Waals surface area contributed by atoms with Gasteiger partial charge in [-0.05, 0) is 38.5 Å². The molecule has 1 atom stereocenters. The number of halogens is 1. The van der Waals surface area contributed by atoms with Crippen LogP contribution in [0.2, 0.25) is 0 Å². The molecule has 0 N–H and O–H groups in total. The lowest BCUT2D eigenvalue weighted by molar-refractivity contribution is -0.0568. The molecule has 2 rings (SSSR count). The van der Waals surface area contributed by atoms with Crippen molar-refractivity contribution in [2.75, 3.05) is 26.3 Å². The number of ether oxygens (including phenoxy) is 2. The van der Waals surface area contributed by atoms with Crippen molar-refractivity contribution < 1.29 is 13.9 Å². The van der Waals surface area contributed by atoms with Gasteiger partial charge in [-0.1, -0.05) is 6.07 Å². The quantitative estimate of drug-likeness (QED) is 0.837. The minimum absolute atomic E-state index is 0.0102. The van der Waals surface area contributed by atoms with E-state index in [0.29, 0.717) is 25.0 Å². The lowest BCUT2D eigenvalue weighted by atomic mass is 10.2. The highest BCUT2D eigenvalue weighted by atomic mass is 19.1. The molecule has 1 aliphatic rings. The Balaban J connectivity index is 1.89. The number of aryl methyl sites for hydroxylation is 1. The van der Waals surface area contributed by atoms with Crippen LogP contribution in [0.1, 0.15) is 19.4 Å². The molecule has 1 aliphatic heterocycles. The van der Waals surface area contributed by atoms with Crippen molar-refractivity contribution in [2.24, 2.45) is 0 Å². The van der Waals surface area contributed by atoms with Gasteiger partial charge in [-0.25, -0.2) is 4.39 Å². The molecule has 0 saturated carbocycles. The first-order valence-corrected chi connectivity index (χ1v) is 6.81. The summed E-state index contributed by atoms with van der Waals surface area (Å²) in [5.41, 5.74) is 0.991. The predicted molar refractivity (Wildman–Crippen MR) is 73.1 cm³/mol. The molecule has 1 heterocycles. The van der Waals surface area contributed by atoms with Crippen molar-refractivity contribution in [2.45, 2.75) is 32.9 Å². The molecule has 0 radical (unpaired) electrons. The van der Waals surface area contributed by atoms with Gasteiger partial charge in [0, 0.05) is 19.1 Å². The summed E-state index contributed by atoms with van der Waals surface area (Å²) in [7, 11) is 0. The second-order valence-electron chi connectivity index (χ2n) is 5.33. The van der Waals surface area contributed by atoms with Gasteiger partial charge in [0.15, 0.2) is 11.6 Å². The SMILES string of the molecule is Cc1ccc(F)c(OCC2CN(C(C)C)CCO2)c1. The summed E-state index contributed by atoms with van der Waals surface area (Å²) in [6.07, 6.45) is 0.0102. The van der Waals surface area contributed by atoms with E-state index in [-0.39, 0.29) is 11.9 Å². The van der Waals surface area contributed by atoms with Gasteiger partial charge in [0.05, 0.1) is 6.61 Å². The topological polar surface area (TPSA) is 21.7 Å². The zero-order valence-corrected chi connectivity index (χ0v) is 11.9. The van der Waals surface area contributed by atoms with Crippen LogP contribution in [0.3, 0.4) is 0 Å². The monoisotopic (exact) mass is 267 g/mol. The molecule has 1 saturated heterocycles. The minimum Gasteiger partial charge on any atom is -0.488 e. The fourth-order valence-corrected chi connectivity index (χ4v) is 2.22. The second kappa shape index (κ2) is 6.35. The molecule has 106 valence electrons. The van der Waals surface area contributed by atoms with Crippen LogP contribution in [0.4, 0.5) is 4.39 Å². The largest absolute Gasteiger partial charge is 0.488 e. The first-order valence-electron chi connectivity index (χ1n) is 6.81. The maximum absolute atomic E-state index is 13.6. The van der Waals surface area contributed by atoms with Crippen LogP contribution in [-0.4, -0.2) is 43.3 Å². The van der Waals surface area contributed by atoms with E-state index < -0.39 is 0 Å². The van der Waals surface area contributed by atoms with Crippen molar-refractivity contribution in [1.82, 2.24) is 4.90 Å². The van der Waals surface area contributed by atoms with Crippen LogP contribution in [0.5, 0.6) is 5.75 Å². The summed E-state index contributed by atoms with van der Waals surface area (Å²) in [5, 5.41) is 0. The van der Waals surface area contributed by atoms with Crippen LogP contribution in [0, 0.1) is 12.7 Å². The van der Waals surface area contributed by atoms with Crippen molar-refractivity contribution in [3.8, 4) is 5.75 Å². The van der Waals surface area contributed by atoms with E-state index in [4.69, 9.17) is 9.47 Å². The first-order chi connectivity index (χ1) is 9.06. The van der Waals surface area contributed by atoms with E-state index in [9.17, 15) is 4.39 Å². The lowest BCUT2D eigenvalue weighted by Crippen LogP contribution is -2.47. The highest BCUT2D eigenvalue weighted by Crippen LogP contribution is 2.19. The standard InChI is InChI=1S/C15H22FNO2/c1-11(2)17-6-7-18-13(9-17)10-19-15-8-12(3)4-5-14(15)16/h4-5,8,11,13H,6-7,9-10H2,1-3H3. The first kappa shape index (κ1) is 14.3. The fourth-order valence-electron chi connectivity index (χ4n) is 2.22. The third-order valence-corrected chi connectivity index (χ3v) is 3.41. The Kier molecular flexibility index (Phi) is 4.77. The summed E-state index contributed by atoms with van der Waals surface area (Å²) < 4.78 is 24.8. The molecule has 0 bridgehead atoms. The maximum Gasteiger partial charge on any atom is 0.165 e. The summed E-state index contributed by atoms with van der Waals surface area (Å²) >= 11 is 0. The molecule has 1 fully saturated rings. The van der Waals surface area contributed by atoms with Crippen molar-refractivity contribution >= 4 is 0 Å². The molecule has 1 unspecified atom stereocenters. The number of benzene rings is 1. The van der Waals surface area contributed by atoms with Gasteiger partial charge in [-0.15, -0.1) is 0 Å². The Morgan fingerprint density at radius 2 is 2.26 bits per heavy atom. The molecule has 4 heteroatoms. The lowest BCUT2D eigenvalue weighted by Gasteiger charge is -2.35. The molecule has 0 spiro atoms. The summed E-state index contributed by atoms with van der Waals surface area (Å²) in [5.74, 6) is -0.00704. The Morgan fingerprint density at radius 3 is 3.00 bits per heavy atom. The summed E-state index contributed by atoms with van der Waals surface area (Å²) in [6.45, 7) is 9.15. The molecular weight excluding hydrogens is 245 g/mol. The molecule has 19 heavy (non-hydrogen) atoms. The van der Waals surface area contributed by atoms with Gasteiger partial charge in [0.2, 0.25) is 0 Å². The second-order valence-corrected chi connectivity index (χ2v) is 5.33. The number of hydrogen-bond acceptors (Lipinski definition) is 3. The van der Waals surface area contributed by atoms with Crippen LogP contribution in [-0.2, 0) is 4.74 Å². The Bertz CT molecular complexity index is 423. The fraction of sp³-hybridized carbons (Fsp3) is 0.600. The van der Waals surface area contributed by atoms with Gasteiger partial charge in [-0.2, -0.15) is 0 Å².